The van der Waals surface area contributed by atoms with Crippen LogP contribution in [0.15, 0.2) is 42.5 Å². The first-order valence-electron chi connectivity index (χ1n) is 12.5. The number of sulfonamides is 1. The van der Waals surface area contributed by atoms with E-state index < -0.39 is 28.5 Å². The monoisotopic (exact) mass is 547 g/mol. The van der Waals surface area contributed by atoms with Crippen LogP contribution in [0.4, 0.5) is 5.69 Å². The molecular weight excluding hydrogens is 510 g/mol. The molecule has 1 saturated carbocycles. The smallest absolute Gasteiger partial charge is 0.244 e. The van der Waals surface area contributed by atoms with Crippen LogP contribution in [0, 0.1) is 0 Å². The van der Waals surface area contributed by atoms with Crippen molar-refractivity contribution in [3.63, 3.8) is 0 Å². The van der Waals surface area contributed by atoms with Gasteiger partial charge in [-0.2, -0.15) is 0 Å². The highest BCUT2D eigenvalue weighted by atomic mass is 32.2. The maximum absolute atomic E-state index is 13.8. The number of ether oxygens (including phenoxy) is 3. The highest BCUT2D eigenvalue weighted by molar-refractivity contribution is 7.92. The van der Waals surface area contributed by atoms with Gasteiger partial charge in [0.25, 0.3) is 0 Å². The van der Waals surface area contributed by atoms with Gasteiger partial charge >= 0.3 is 0 Å². The normalized spacial score (nSPS) is 14.4. The second kappa shape index (κ2) is 12.9. The number of rotatable bonds is 12. The molecule has 1 atom stereocenters. The molecule has 0 spiro atoms. The van der Waals surface area contributed by atoms with Gasteiger partial charge in [0, 0.05) is 18.7 Å². The Morgan fingerprint density at radius 1 is 0.974 bits per heavy atom. The first-order valence-corrected chi connectivity index (χ1v) is 14.3. The van der Waals surface area contributed by atoms with Crippen LogP contribution in [0.3, 0.4) is 0 Å². The van der Waals surface area contributed by atoms with E-state index in [-0.39, 0.29) is 29.9 Å². The topological polar surface area (TPSA) is 114 Å². The molecule has 2 amide bonds. The average Bonchev–Trinajstić information content (AvgIpc) is 3.42. The summed E-state index contributed by atoms with van der Waals surface area (Å²) in [5, 5.41) is 3.05. The molecule has 0 aliphatic heterocycles. The van der Waals surface area contributed by atoms with E-state index in [2.05, 4.69) is 5.32 Å². The Morgan fingerprint density at radius 3 is 2.13 bits per heavy atom. The number of amides is 2. The van der Waals surface area contributed by atoms with Crippen LogP contribution in [0.5, 0.6) is 17.2 Å². The molecule has 2 aromatic carbocycles. The molecule has 0 saturated heterocycles. The van der Waals surface area contributed by atoms with Crippen LogP contribution >= 0.6 is 0 Å². The molecule has 0 bridgehead atoms. The molecule has 2 aromatic rings. The lowest BCUT2D eigenvalue weighted by atomic mass is 10.1. The number of nitrogens with one attached hydrogen (secondary N) is 1. The summed E-state index contributed by atoms with van der Waals surface area (Å²) in [7, 11) is 0.562. The van der Waals surface area contributed by atoms with Crippen molar-refractivity contribution in [2.45, 2.75) is 51.2 Å². The third-order valence-electron chi connectivity index (χ3n) is 6.72. The molecule has 0 heterocycles. The zero-order valence-electron chi connectivity index (χ0n) is 22.6. The molecule has 1 aliphatic rings. The fourth-order valence-electron chi connectivity index (χ4n) is 4.49. The molecule has 38 heavy (non-hydrogen) atoms. The third kappa shape index (κ3) is 7.31. The van der Waals surface area contributed by atoms with E-state index in [4.69, 9.17) is 14.2 Å². The van der Waals surface area contributed by atoms with Crippen LogP contribution in [0.1, 0.15) is 38.2 Å². The lowest BCUT2D eigenvalue weighted by molar-refractivity contribution is -0.139. The lowest BCUT2D eigenvalue weighted by Gasteiger charge is -2.32. The van der Waals surface area contributed by atoms with Crippen molar-refractivity contribution in [3.8, 4) is 17.2 Å². The molecule has 0 radical (unpaired) electrons. The second-order valence-electron chi connectivity index (χ2n) is 9.34. The standard InChI is InChI=1S/C27H37N3O7S/c1-19(27(32)28-21-8-6-7-9-21)29(17-20-10-12-22(35-2)13-11-20)26(31)18-30(38(5,33)34)24-15-14-23(36-3)16-25(24)37-4/h10-16,19,21H,6-9,17-18H2,1-5H3,(H,28,32)/t19-/m1/s1. The Balaban J connectivity index is 1.92. The van der Waals surface area contributed by atoms with Crippen LogP contribution < -0.4 is 23.8 Å². The fraction of sp³-hybridized carbons (Fsp3) is 0.481. The molecule has 0 unspecified atom stereocenters. The maximum atomic E-state index is 13.8. The highest BCUT2D eigenvalue weighted by Crippen LogP contribution is 2.33. The lowest BCUT2D eigenvalue weighted by Crippen LogP contribution is -2.52. The summed E-state index contributed by atoms with van der Waals surface area (Å²) < 4.78 is 42.5. The highest BCUT2D eigenvalue weighted by Gasteiger charge is 2.32. The molecule has 208 valence electrons. The van der Waals surface area contributed by atoms with Crippen molar-refractivity contribution in [1.29, 1.82) is 0 Å². The molecule has 3 rings (SSSR count). The predicted molar refractivity (Wildman–Crippen MR) is 145 cm³/mol. The summed E-state index contributed by atoms with van der Waals surface area (Å²) in [5.41, 5.74) is 0.962. The molecule has 0 aromatic heterocycles. The van der Waals surface area contributed by atoms with Gasteiger partial charge in [-0.25, -0.2) is 8.42 Å². The van der Waals surface area contributed by atoms with Crippen LogP contribution in [-0.4, -0.2) is 71.3 Å². The minimum absolute atomic E-state index is 0.0824. The summed E-state index contributed by atoms with van der Waals surface area (Å²) >= 11 is 0. The largest absolute Gasteiger partial charge is 0.497 e. The number of anilines is 1. The zero-order chi connectivity index (χ0) is 27.9. The van der Waals surface area contributed by atoms with E-state index in [0.717, 1.165) is 41.8 Å². The van der Waals surface area contributed by atoms with E-state index in [1.54, 1.807) is 38.3 Å². The maximum Gasteiger partial charge on any atom is 0.244 e. The van der Waals surface area contributed by atoms with Gasteiger partial charge in [-0.3, -0.25) is 13.9 Å². The fourth-order valence-corrected chi connectivity index (χ4v) is 5.34. The molecule has 10 nitrogen and oxygen atoms in total. The summed E-state index contributed by atoms with van der Waals surface area (Å²) in [5.74, 6) is 0.568. The van der Waals surface area contributed by atoms with Gasteiger partial charge in [0.05, 0.1) is 33.3 Å². The second-order valence-corrected chi connectivity index (χ2v) is 11.2. The molecule has 1 fully saturated rings. The van der Waals surface area contributed by atoms with Crippen molar-refractivity contribution in [2.24, 2.45) is 0 Å². The predicted octanol–water partition coefficient (Wildman–Crippen LogP) is 2.95. The number of hydrogen-bond donors (Lipinski definition) is 1. The Labute approximate surface area is 224 Å². The summed E-state index contributed by atoms with van der Waals surface area (Å²) in [6.45, 7) is 1.25. The Kier molecular flexibility index (Phi) is 9.84. The molecule has 1 aliphatic carbocycles. The molecule has 11 heteroatoms. The van der Waals surface area contributed by atoms with Gasteiger partial charge in [-0.1, -0.05) is 25.0 Å². The van der Waals surface area contributed by atoms with Gasteiger partial charge < -0.3 is 24.4 Å². The number of carbonyl (C=O) groups excluding carboxylic acids is 2. The summed E-state index contributed by atoms with van der Waals surface area (Å²) in [4.78, 5) is 28.3. The van der Waals surface area contributed by atoms with E-state index in [9.17, 15) is 18.0 Å². The van der Waals surface area contributed by atoms with Gasteiger partial charge in [0.15, 0.2) is 0 Å². The Bertz CT molecular complexity index is 1210. The van der Waals surface area contributed by atoms with Gasteiger partial charge in [-0.15, -0.1) is 0 Å². The number of methoxy groups -OCH3 is 3. The summed E-state index contributed by atoms with van der Waals surface area (Å²) in [6.07, 6.45) is 4.95. The SMILES string of the molecule is COc1ccc(CN(C(=O)CN(c2ccc(OC)cc2OC)S(C)(=O)=O)[C@H](C)C(=O)NC2CCCC2)cc1. The van der Waals surface area contributed by atoms with Crippen molar-refractivity contribution in [2.75, 3.05) is 38.4 Å². The number of benzene rings is 2. The zero-order valence-corrected chi connectivity index (χ0v) is 23.4. The first kappa shape index (κ1) is 29.1. The van der Waals surface area contributed by atoms with Gasteiger partial charge in [0.1, 0.15) is 29.8 Å². The quantitative estimate of drug-likeness (QED) is 0.435. The van der Waals surface area contributed by atoms with Crippen molar-refractivity contribution in [3.05, 3.63) is 48.0 Å². The van der Waals surface area contributed by atoms with Crippen molar-refractivity contribution in [1.82, 2.24) is 10.2 Å². The number of hydrogen-bond acceptors (Lipinski definition) is 7. The van der Waals surface area contributed by atoms with Gasteiger partial charge in [0.2, 0.25) is 21.8 Å². The Hall–Kier alpha value is -3.47. The average molecular weight is 548 g/mol. The molecule has 1 N–H and O–H groups in total. The summed E-state index contributed by atoms with van der Waals surface area (Å²) in [6, 6.07) is 11.1. The van der Waals surface area contributed by atoms with Crippen molar-refractivity contribution >= 4 is 27.5 Å². The Morgan fingerprint density at radius 2 is 1.58 bits per heavy atom. The van der Waals surface area contributed by atoms with E-state index in [1.165, 1.54) is 25.2 Å². The van der Waals surface area contributed by atoms with E-state index in [1.807, 2.05) is 12.1 Å². The minimum Gasteiger partial charge on any atom is -0.497 e. The number of nitrogens with zero attached hydrogens (tertiary/aromatic N) is 2. The van der Waals surface area contributed by atoms with Crippen molar-refractivity contribution < 1.29 is 32.2 Å². The van der Waals surface area contributed by atoms with Crippen LogP contribution in [-0.2, 0) is 26.2 Å². The van der Waals surface area contributed by atoms with Gasteiger partial charge in [-0.05, 0) is 49.6 Å². The number of carbonyl (C=O) groups is 2. The third-order valence-corrected chi connectivity index (χ3v) is 7.84. The molecular formula is C27H37N3O7S. The van der Waals surface area contributed by atoms with E-state index >= 15 is 0 Å². The van der Waals surface area contributed by atoms with Crippen LogP contribution in [0.2, 0.25) is 0 Å². The van der Waals surface area contributed by atoms with E-state index in [0.29, 0.717) is 11.5 Å². The first-order chi connectivity index (χ1) is 18.1. The van der Waals surface area contributed by atoms with Crippen LogP contribution in [0.25, 0.3) is 0 Å². The minimum atomic E-state index is -3.90.